The van der Waals surface area contributed by atoms with Crippen LogP contribution in [0.25, 0.3) is 0 Å². The molecule has 20 heavy (non-hydrogen) atoms. The van der Waals surface area contributed by atoms with Crippen LogP contribution in [0.1, 0.15) is 33.2 Å². The zero-order valence-corrected chi connectivity index (χ0v) is 11.9. The lowest BCUT2D eigenvalue weighted by Gasteiger charge is -2.19. The number of furan rings is 1. The van der Waals surface area contributed by atoms with Crippen LogP contribution in [0.4, 0.5) is 0 Å². The topological polar surface area (TPSA) is 71.5 Å². The number of carbonyl (C=O) groups is 1. The van der Waals surface area contributed by atoms with E-state index in [0.717, 1.165) is 18.8 Å². The Kier molecular flexibility index (Phi) is 3.86. The lowest BCUT2D eigenvalue weighted by Crippen LogP contribution is -2.29. The van der Waals surface area contributed by atoms with Crippen molar-refractivity contribution in [3.05, 3.63) is 46.0 Å². The van der Waals surface area contributed by atoms with Crippen LogP contribution < -0.4 is 11.3 Å². The van der Waals surface area contributed by atoms with Gasteiger partial charge in [0.1, 0.15) is 5.76 Å². The van der Waals surface area contributed by atoms with Gasteiger partial charge < -0.3 is 4.42 Å². The van der Waals surface area contributed by atoms with Gasteiger partial charge in [0.2, 0.25) is 0 Å². The second-order valence-corrected chi connectivity index (χ2v) is 6.12. The average molecular weight is 291 g/mol. The number of hydrogen-bond donors (Lipinski definition) is 2. The molecule has 2 heterocycles. The first kappa shape index (κ1) is 13.4. The summed E-state index contributed by atoms with van der Waals surface area (Å²) in [4.78, 5) is 15.7. The van der Waals surface area contributed by atoms with E-state index >= 15 is 0 Å². The molecule has 2 aromatic heterocycles. The summed E-state index contributed by atoms with van der Waals surface area (Å²) in [6.45, 7) is 1.65. The highest BCUT2D eigenvalue weighted by molar-refractivity contribution is 7.14. The molecule has 0 unspecified atom stereocenters. The number of hydrazine groups is 1. The fourth-order valence-electron chi connectivity index (χ4n) is 2.21. The highest BCUT2D eigenvalue weighted by atomic mass is 32.1. The summed E-state index contributed by atoms with van der Waals surface area (Å²) in [6, 6.07) is 8.35. The van der Waals surface area contributed by atoms with Crippen LogP contribution in [0.2, 0.25) is 0 Å². The number of rotatable bonds is 6. The van der Waals surface area contributed by atoms with Crippen molar-refractivity contribution in [1.29, 1.82) is 0 Å². The Morgan fingerprint density at radius 3 is 2.90 bits per heavy atom. The molecule has 0 aromatic carbocycles. The van der Waals surface area contributed by atoms with Crippen molar-refractivity contribution >= 4 is 17.2 Å². The van der Waals surface area contributed by atoms with Crippen molar-refractivity contribution in [3.63, 3.8) is 0 Å². The molecule has 1 saturated carbocycles. The van der Waals surface area contributed by atoms with Crippen LogP contribution in [0.5, 0.6) is 0 Å². The normalized spacial score (nSPS) is 14.7. The summed E-state index contributed by atoms with van der Waals surface area (Å²) in [5.74, 6) is 5.90. The van der Waals surface area contributed by atoms with E-state index in [9.17, 15) is 4.79 Å². The van der Waals surface area contributed by atoms with E-state index in [2.05, 4.69) is 10.3 Å². The highest BCUT2D eigenvalue weighted by Crippen LogP contribution is 2.31. The largest absolute Gasteiger partial charge is 0.468 e. The molecule has 0 bridgehead atoms. The first-order valence-electron chi connectivity index (χ1n) is 6.62. The molecule has 0 spiro atoms. The summed E-state index contributed by atoms with van der Waals surface area (Å²) in [5, 5.41) is 0. The number of nitrogens with zero attached hydrogens (tertiary/aromatic N) is 1. The molecule has 6 heteroatoms. The zero-order chi connectivity index (χ0) is 13.9. The van der Waals surface area contributed by atoms with E-state index in [0.29, 0.717) is 10.9 Å². The molecule has 1 aliphatic rings. The third-order valence-corrected chi connectivity index (χ3v) is 4.45. The summed E-state index contributed by atoms with van der Waals surface area (Å²) >= 11 is 1.49. The van der Waals surface area contributed by atoms with Crippen molar-refractivity contribution in [3.8, 4) is 0 Å². The van der Waals surface area contributed by atoms with E-state index in [1.54, 1.807) is 6.26 Å². The maximum Gasteiger partial charge on any atom is 0.275 e. The molecule has 106 valence electrons. The van der Waals surface area contributed by atoms with Crippen molar-refractivity contribution in [2.75, 3.05) is 0 Å². The van der Waals surface area contributed by atoms with Crippen LogP contribution in [0.3, 0.4) is 0 Å². The number of nitrogens with one attached hydrogen (secondary N) is 1. The summed E-state index contributed by atoms with van der Waals surface area (Å²) in [5.41, 5.74) is 2.16. The minimum Gasteiger partial charge on any atom is -0.468 e. The number of thiophene rings is 1. The van der Waals surface area contributed by atoms with Gasteiger partial charge >= 0.3 is 0 Å². The Morgan fingerprint density at radius 1 is 1.40 bits per heavy atom. The summed E-state index contributed by atoms with van der Waals surface area (Å²) in [7, 11) is 0. The molecule has 2 aromatic rings. The first-order chi connectivity index (χ1) is 9.76. The Balaban J connectivity index is 1.67. The fourth-order valence-corrected chi connectivity index (χ4v) is 3.15. The van der Waals surface area contributed by atoms with Gasteiger partial charge in [-0.2, -0.15) is 0 Å². The van der Waals surface area contributed by atoms with Crippen molar-refractivity contribution in [1.82, 2.24) is 10.3 Å². The van der Waals surface area contributed by atoms with Gasteiger partial charge in [0.25, 0.3) is 5.91 Å². The van der Waals surface area contributed by atoms with E-state index in [1.807, 2.05) is 24.3 Å². The number of nitrogen functional groups attached to an aromatic ring is 1. The van der Waals surface area contributed by atoms with Crippen molar-refractivity contribution < 1.29 is 9.21 Å². The van der Waals surface area contributed by atoms with Gasteiger partial charge in [-0.3, -0.25) is 15.1 Å². The fraction of sp³-hybridized carbons (Fsp3) is 0.357. The van der Waals surface area contributed by atoms with E-state index in [1.165, 1.54) is 29.1 Å². The molecule has 1 amide bonds. The number of nitrogens with two attached hydrogens (primary N) is 1. The molecule has 3 N–H and O–H groups in total. The number of carbonyl (C=O) groups excluding carboxylic acids is 1. The monoisotopic (exact) mass is 291 g/mol. The Morgan fingerprint density at radius 2 is 2.25 bits per heavy atom. The van der Waals surface area contributed by atoms with Crippen LogP contribution in [0.15, 0.2) is 34.9 Å². The Bertz CT molecular complexity index is 575. The Labute approximate surface area is 121 Å². The molecule has 3 rings (SSSR count). The lowest BCUT2D eigenvalue weighted by atomic mass is 10.3. The molecule has 5 nitrogen and oxygen atoms in total. The lowest BCUT2D eigenvalue weighted by molar-refractivity contribution is 0.0957. The number of hydrogen-bond acceptors (Lipinski definition) is 5. The van der Waals surface area contributed by atoms with Crippen molar-refractivity contribution in [2.24, 2.45) is 5.84 Å². The van der Waals surface area contributed by atoms with Crippen LogP contribution in [-0.4, -0.2) is 16.8 Å². The Hall–Kier alpha value is -1.63. The van der Waals surface area contributed by atoms with Gasteiger partial charge in [-0.05, 0) is 37.1 Å². The van der Waals surface area contributed by atoms with Crippen LogP contribution >= 0.6 is 11.3 Å². The summed E-state index contributed by atoms with van der Waals surface area (Å²) < 4.78 is 5.42. The van der Waals surface area contributed by atoms with E-state index < -0.39 is 0 Å². The molecule has 1 fully saturated rings. The van der Waals surface area contributed by atoms with Crippen LogP contribution in [0, 0.1) is 0 Å². The maximum absolute atomic E-state index is 11.5. The molecular weight excluding hydrogens is 274 g/mol. The minimum absolute atomic E-state index is 0.231. The first-order valence-corrected chi connectivity index (χ1v) is 7.44. The average Bonchev–Trinajstić information content (AvgIpc) is 2.99. The third-order valence-electron chi connectivity index (χ3n) is 3.38. The predicted octanol–water partition coefficient (Wildman–Crippen LogP) is 2.11. The van der Waals surface area contributed by atoms with Gasteiger partial charge in [0.05, 0.1) is 17.7 Å². The predicted molar refractivity (Wildman–Crippen MR) is 76.9 cm³/mol. The van der Waals surface area contributed by atoms with Gasteiger partial charge in [-0.15, -0.1) is 11.3 Å². The third kappa shape index (κ3) is 3.09. The van der Waals surface area contributed by atoms with E-state index in [4.69, 9.17) is 10.3 Å². The molecule has 0 aliphatic heterocycles. The number of amides is 1. The molecule has 0 saturated heterocycles. The molecule has 0 atom stereocenters. The van der Waals surface area contributed by atoms with Gasteiger partial charge in [0, 0.05) is 17.5 Å². The van der Waals surface area contributed by atoms with Gasteiger partial charge in [-0.1, -0.05) is 0 Å². The minimum atomic E-state index is -0.231. The van der Waals surface area contributed by atoms with Crippen LogP contribution in [-0.2, 0) is 13.1 Å². The molecule has 1 aliphatic carbocycles. The van der Waals surface area contributed by atoms with E-state index in [-0.39, 0.29) is 5.91 Å². The van der Waals surface area contributed by atoms with Gasteiger partial charge in [0.15, 0.2) is 0 Å². The molecular formula is C14H17N3O2S. The second-order valence-electron chi connectivity index (χ2n) is 4.95. The zero-order valence-electron chi connectivity index (χ0n) is 11.0. The summed E-state index contributed by atoms with van der Waals surface area (Å²) in [6.07, 6.45) is 4.18. The second kappa shape index (κ2) is 5.78. The molecule has 0 radical (unpaired) electrons. The highest BCUT2D eigenvalue weighted by Gasteiger charge is 2.29. The van der Waals surface area contributed by atoms with Crippen molar-refractivity contribution in [2.45, 2.75) is 32.0 Å². The quantitative estimate of drug-likeness (QED) is 0.486. The van der Waals surface area contributed by atoms with Gasteiger partial charge in [-0.25, -0.2) is 5.84 Å². The maximum atomic E-state index is 11.5. The SMILES string of the molecule is NNC(=O)c1ccc(CN(Cc2ccco2)C2CC2)s1. The standard InChI is InChI=1S/C14H17N3O2S/c15-16-14(18)13-6-5-12(20-13)9-17(10-3-4-10)8-11-2-1-7-19-11/h1-2,5-7,10H,3-4,8-9,15H2,(H,16,18). The smallest absolute Gasteiger partial charge is 0.275 e.